The van der Waals surface area contributed by atoms with Gasteiger partial charge in [0.1, 0.15) is 5.69 Å². The Morgan fingerprint density at radius 2 is 2.21 bits per heavy atom. The number of nitrogen functional groups attached to an aromatic ring is 1. The van der Waals surface area contributed by atoms with Gasteiger partial charge in [0.2, 0.25) is 0 Å². The first-order valence-corrected chi connectivity index (χ1v) is 7.07. The van der Waals surface area contributed by atoms with Crippen molar-refractivity contribution < 1.29 is 4.79 Å². The van der Waals surface area contributed by atoms with Crippen molar-refractivity contribution in [3.8, 4) is 0 Å². The maximum absolute atomic E-state index is 12.6. The highest BCUT2D eigenvalue weighted by molar-refractivity contribution is 5.98. The molecule has 1 fully saturated rings. The zero-order valence-electron chi connectivity index (χ0n) is 12.3. The van der Waals surface area contributed by atoms with E-state index in [0.717, 1.165) is 25.2 Å². The van der Waals surface area contributed by atoms with Crippen LogP contribution in [0.4, 0.5) is 5.69 Å². The van der Waals surface area contributed by atoms with Crippen LogP contribution in [0.25, 0.3) is 0 Å². The molecule has 5 heteroatoms. The van der Waals surface area contributed by atoms with Crippen LogP contribution in [0, 0.1) is 18.8 Å². The summed E-state index contributed by atoms with van der Waals surface area (Å²) in [5, 5.41) is 4.32. The number of likely N-dealkylation sites (tertiary alicyclic amines) is 1. The summed E-state index contributed by atoms with van der Waals surface area (Å²) in [4.78, 5) is 14.5. The molecule has 2 rings (SSSR count). The molecule has 1 unspecified atom stereocenters. The number of nitrogens with two attached hydrogens (primary N) is 1. The van der Waals surface area contributed by atoms with Crippen molar-refractivity contribution in [1.29, 1.82) is 0 Å². The summed E-state index contributed by atoms with van der Waals surface area (Å²) in [7, 11) is 0. The molecule has 2 heterocycles. The normalized spacial score (nSPS) is 19.4. The summed E-state index contributed by atoms with van der Waals surface area (Å²) in [6, 6.07) is 0. The zero-order valence-corrected chi connectivity index (χ0v) is 12.3. The molecule has 1 aliphatic rings. The van der Waals surface area contributed by atoms with E-state index < -0.39 is 0 Å². The van der Waals surface area contributed by atoms with Crippen molar-refractivity contribution in [2.24, 2.45) is 11.8 Å². The lowest BCUT2D eigenvalue weighted by molar-refractivity contribution is 0.0773. The molecular weight excluding hydrogens is 240 g/mol. The third-order valence-electron chi connectivity index (χ3n) is 4.13. The second kappa shape index (κ2) is 5.23. The van der Waals surface area contributed by atoms with Gasteiger partial charge in [0, 0.05) is 19.6 Å². The van der Waals surface area contributed by atoms with Gasteiger partial charge in [-0.1, -0.05) is 13.8 Å². The number of amides is 1. The molecule has 0 radical (unpaired) electrons. The van der Waals surface area contributed by atoms with E-state index in [1.54, 1.807) is 4.68 Å². The fraction of sp³-hybridized carbons (Fsp3) is 0.714. The molecule has 0 aromatic carbocycles. The van der Waals surface area contributed by atoms with E-state index in [0.29, 0.717) is 29.8 Å². The van der Waals surface area contributed by atoms with E-state index in [1.165, 1.54) is 0 Å². The van der Waals surface area contributed by atoms with Crippen molar-refractivity contribution >= 4 is 11.6 Å². The molecule has 0 saturated carbocycles. The molecule has 2 N–H and O–H groups in total. The van der Waals surface area contributed by atoms with Crippen LogP contribution in [0.2, 0.25) is 0 Å². The van der Waals surface area contributed by atoms with Gasteiger partial charge in [-0.2, -0.15) is 5.10 Å². The standard InChI is InChI=1S/C14H24N4O/c1-5-18-13(12(15)10(4)16-18)14(19)17-7-6-11(8-17)9(2)3/h9,11H,5-8,15H2,1-4H3. The second-order valence-electron chi connectivity index (χ2n) is 5.71. The number of anilines is 1. The minimum atomic E-state index is 0.0306. The van der Waals surface area contributed by atoms with Crippen molar-refractivity contribution in [3.63, 3.8) is 0 Å². The maximum atomic E-state index is 12.6. The largest absolute Gasteiger partial charge is 0.395 e. The monoisotopic (exact) mass is 264 g/mol. The minimum Gasteiger partial charge on any atom is -0.395 e. The highest BCUT2D eigenvalue weighted by Gasteiger charge is 2.31. The number of rotatable bonds is 3. The van der Waals surface area contributed by atoms with Crippen LogP contribution < -0.4 is 5.73 Å². The van der Waals surface area contributed by atoms with Crippen LogP contribution in [0.3, 0.4) is 0 Å². The molecule has 1 aromatic rings. The Bertz CT molecular complexity index is 478. The molecule has 0 aliphatic carbocycles. The molecular formula is C14H24N4O. The lowest BCUT2D eigenvalue weighted by Crippen LogP contribution is -2.31. The number of aryl methyl sites for hydroxylation is 2. The summed E-state index contributed by atoms with van der Waals surface area (Å²) in [5.74, 6) is 1.25. The molecule has 1 atom stereocenters. The van der Waals surface area contributed by atoms with Gasteiger partial charge < -0.3 is 10.6 Å². The highest BCUT2D eigenvalue weighted by atomic mass is 16.2. The number of hydrogen-bond donors (Lipinski definition) is 1. The maximum Gasteiger partial charge on any atom is 0.274 e. The SMILES string of the molecule is CCn1nc(C)c(N)c1C(=O)N1CCC(C(C)C)C1. The fourth-order valence-corrected chi connectivity index (χ4v) is 2.72. The van der Waals surface area contributed by atoms with Crippen LogP contribution >= 0.6 is 0 Å². The van der Waals surface area contributed by atoms with Crippen molar-refractivity contribution in [1.82, 2.24) is 14.7 Å². The Balaban J connectivity index is 2.21. The van der Waals surface area contributed by atoms with Gasteiger partial charge in [-0.05, 0) is 32.1 Å². The predicted molar refractivity (Wildman–Crippen MR) is 75.9 cm³/mol. The predicted octanol–water partition coefficient (Wildman–Crippen LogP) is 1.91. The third-order valence-corrected chi connectivity index (χ3v) is 4.13. The molecule has 1 saturated heterocycles. The molecule has 1 aliphatic heterocycles. The number of carbonyl (C=O) groups is 1. The number of nitrogens with zero attached hydrogens (tertiary/aromatic N) is 3. The van der Waals surface area contributed by atoms with Crippen LogP contribution in [0.1, 0.15) is 43.4 Å². The number of hydrogen-bond acceptors (Lipinski definition) is 3. The lowest BCUT2D eigenvalue weighted by Gasteiger charge is -2.18. The van der Waals surface area contributed by atoms with E-state index in [2.05, 4.69) is 18.9 Å². The van der Waals surface area contributed by atoms with E-state index in [9.17, 15) is 4.79 Å². The molecule has 19 heavy (non-hydrogen) atoms. The molecule has 1 aromatic heterocycles. The van der Waals surface area contributed by atoms with Gasteiger partial charge in [-0.25, -0.2) is 0 Å². The van der Waals surface area contributed by atoms with Gasteiger partial charge in [-0.3, -0.25) is 9.48 Å². The van der Waals surface area contributed by atoms with Crippen LogP contribution in [0.5, 0.6) is 0 Å². The van der Waals surface area contributed by atoms with E-state index in [1.807, 2.05) is 18.7 Å². The van der Waals surface area contributed by atoms with Gasteiger partial charge in [0.05, 0.1) is 11.4 Å². The van der Waals surface area contributed by atoms with Crippen LogP contribution in [-0.2, 0) is 6.54 Å². The zero-order chi connectivity index (χ0) is 14.2. The van der Waals surface area contributed by atoms with Crippen LogP contribution in [-0.4, -0.2) is 33.7 Å². The summed E-state index contributed by atoms with van der Waals surface area (Å²) in [6.45, 7) is 10.6. The molecule has 5 nitrogen and oxygen atoms in total. The molecule has 1 amide bonds. The Morgan fingerprint density at radius 1 is 1.53 bits per heavy atom. The summed E-state index contributed by atoms with van der Waals surface area (Å²) >= 11 is 0. The van der Waals surface area contributed by atoms with Crippen molar-refractivity contribution in [2.45, 2.75) is 40.7 Å². The summed E-state index contributed by atoms with van der Waals surface area (Å²) in [5.41, 5.74) is 7.84. The van der Waals surface area contributed by atoms with E-state index in [-0.39, 0.29) is 5.91 Å². The topological polar surface area (TPSA) is 64.2 Å². The second-order valence-corrected chi connectivity index (χ2v) is 5.71. The Kier molecular flexibility index (Phi) is 3.83. The van der Waals surface area contributed by atoms with Crippen molar-refractivity contribution in [3.05, 3.63) is 11.4 Å². The average Bonchev–Trinajstić information content (AvgIpc) is 2.95. The lowest BCUT2D eigenvalue weighted by atomic mass is 9.95. The van der Waals surface area contributed by atoms with Gasteiger partial charge >= 0.3 is 0 Å². The molecule has 106 valence electrons. The van der Waals surface area contributed by atoms with E-state index in [4.69, 9.17) is 5.73 Å². The minimum absolute atomic E-state index is 0.0306. The Hall–Kier alpha value is -1.52. The molecule has 0 spiro atoms. The Morgan fingerprint density at radius 3 is 2.74 bits per heavy atom. The van der Waals surface area contributed by atoms with Gasteiger partial charge in [0.15, 0.2) is 0 Å². The van der Waals surface area contributed by atoms with Gasteiger partial charge in [-0.15, -0.1) is 0 Å². The van der Waals surface area contributed by atoms with Crippen LogP contribution in [0.15, 0.2) is 0 Å². The summed E-state index contributed by atoms with van der Waals surface area (Å²) in [6.07, 6.45) is 1.09. The first kappa shape index (κ1) is 13.9. The quantitative estimate of drug-likeness (QED) is 0.907. The smallest absolute Gasteiger partial charge is 0.274 e. The third kappa shape index (κ3) is 2.46. The number of aromatic nitrogens is 2. The number of carbonyl (C=O) groups excluding carboxylic acids is 1. The summed E-state index contributed by atoms with van der Waals surface area (Å²) < 4.78 is 1.72. The van der Waals surface area contributed by atoms with E-state index >= 15 is 0 Å². The van der Waals surface area contributed by atoms with Crippen molar-refractivity contribution in [2.75, 3.05) is 18.8 Å². The van der Waals surface area contributed by atoms with Gasteiger partial charge in [0.25, 0.3) is 5.91 Å². The first-order chi connectivity index (χ1) is 8.95. The highest BCUT2D eigenvalue weighted by Crippen LogP contribution is 2.26. The Labute approximate surface area is 114 Å². The average molecular weight is 264 g/mol. The first-order valence-electron chi connectivity index (χ1n) is 7.07. The molecule has 0 bridgehead atoms. The fourth-order valence-electron chi connectivity index (χ4n) is 2.72.